The molecule has 5 unspecified atom stereocenters. The Balaban J connectivity index is 1.01. The van der Waals surface area contributed by atoms with Gasteiger partial charge in [-0.25, -0.2) is 0 Å². The number of rotatable bonds is 14. The van der Waals surface area contributed by atoms with E-state index in [4.69, 9.17) is 28.4 Å². The van der Waals surface area contributed by atoms with Crippen molar-refractivity contribution in [1.82, 2.24) is 0 Å². The monoisotopic (exact) mass is 963 g/mol. The summed E-state index contributed by atoms with van der Waals surface area (Å²) in [5.74, 6) is 0.547. The van der Waals surface area contributed by atoms with Crippen LogP contribution in [-0.2, 0) is 28.4 Å². The molecular weight excluding hydrogens is 881 g/mol. The lowest BCUT2D eigenvalue weighted by molar-refractivity contribution is -0.341. The van der Waals surface area contributed by atoms with Gasteiger partial charge in [0.2, 0.25) is 0 Å². The summed E-state index contributed by atoms with van der Waals surface area (Å²) in [6, 6.07) is 0. The van der Waals surface area contributed by atoms with Gasteiger partial charge in [0.15, 0.2) is 18.9 Å². The Morgan fingerprint density at radius 3 is 1.79 bits per heavy atom. The van der Waals surface area contributed by atoms with E-state index in [2.05, 4.69) is 47.6 Å². The first-order chi connectivity index (χ1) is 31.2. The van der Waals surface area contributed by atoms with Gasteiger partial charge in [-0.05, 0) is 99.7 Å². The quantitative estimate of drug-likeness (QED) is 0.0924. The minimum absolute atomic E-state index is 0.0596. The minimum atomic E-state index is -1.75. The van der Waals surface area contributed by atoms with Crippen LogP contribution in [0.1, 0.15) is 107 Å². The first-order valence-electron chi connectivity index (χ1n) is 24.5. The highest BCUT2D eigenvalue weighted by atomic mass is 16.7. The van der Waals surface area contributed by atoms with Gasteiger partial charge in [-0.15, -0.1) is 0 Å². The van der Waals surface area contributed by atoms with E-state index >= 15 is 0 Å². The topological polar surface area (TPSA) is 318 Å². The van der Waals surface area contributed by atoms with Crippen molar-refractivity contribution in [3.63, 3.8) is 0 Å². The van der Waals surface area contributed by atoms with Crippen LogP contribution < -0.4 is 0 Å². The van der Waals surface area contributed by atoms with Crippen molar-refractivity contribution in [3.05, 3.63) is 11.6 Å². The Morgan fingerprint density at radius 1 is 0.672 bits per heavy atom. The van der Waals surface area contributed by atoms with Gasteiger partial charge in [0.1, 0.15) is 73.2 Å². The molecule has 0 amide bonds. The first kappa shape index (κ1) is 53.8. The van der Waals surface area contributed by atoms with Gasteiger partial charge in [-0.1, -0.05) is 53.2 Å². The molecule has 0 aromatic carbocycles. The Hall–Kier alpha value is -1.02. The molecule has 0 aromatic rings. The van der Waals surface area contributed by atoms with Gasteiger partial charge in [0.25, 0.3) is 0 Å². The molecule has 3 heterocycles. The van der Waals surface area contributed by atoms with Crippen LogP contribution in [0.2, 0.25) is 0 Å². The van der Waals surface area contributed by atoms with Crippen LogP contribution in [0.5, 0.6) is 0 Å². The van der Waals surface area contributed by atoms with Crippen LogP contribution in [0.25, 0.3) is 0 Å². The summed E-state index contributed by atoms with van der Waals surface area (Å²) in [5, 5.41) is 138. The molecular formula is C48H82O19. The number of aliphatic hydroxyl groups is 13. The van der Waals surface area contributed by atoms with Crippen LogP contribution in [0.3, 0.4) is 0 Å². The smallest absolute Gasteiger partial charge is 0.187 e. The van der Waals surface area contributed by atoms with Gasteiger partial charge in [-0.2, -0.15) is 0 Å². The largest absolute Gasteiger partial charge is 0.394 e. The lowest BCUT2D eigenvalue weighted by Gasteiger charge is -2.67. The van der Waals surface area contributed by atoms with Crippen LogP contribution in [0, 0.1) is 45.3 Å². The number of hydrogen-bond donors (Lipinski definition) is 13. The fourth-order valence-corrected chi connectivity index (χ4v) is 14.2. The summed E-state index contributed by atoms with van der Waals surface area (Å²) in [7, 11) is 0. The van der Waals surface area contributed by atoms with E-state index in [1.165, 1.54) is 5.57 Å². The molecule has 3 aliphatic heterocycles. The summed E-state index contributed by atoms with van der Waals surface area (Å²) in [6.07, 6.45) is -16.7. The SMILES string of the molecule is CC(CC[C@@H](O[C@@H]1O[C@H](CO[C@@H]2O[C@H](CO)[C@@H](O)[C@H](O)[C@H]2O)[C@@H](O)[C@H](O)[C@H]1O)C(C)(C)O)C1CC[C@@]2(C)C3CC=C4C(CC[C@H](O[C@@H]5O[C@H](CO)[C@@H](O)[C@H](O)[C@H]5O)C4(C)C)[C@]3(C)[C@H](O)CC12C. The zero-order valence-electron chi connectivity index (χ0n) is 40.3. The maximum absolute atomic E-state index is 12.6. The molecule has 19 heteroatoms. The average Bonchev–Trinajstić information content (AvgIpc) is 3.54. The van der Waals surface area contributed by atoms with Gasteiger partial charge in [0.05, 0.1) is 43.7 Å². The molecule has 6 fully saturated rings. The van der Waals surface area contributed by atoms with Crippen molar-refractivity contribution < 1.29 is 94.8 Å². The van der Waals surface area contributed by atoms with Gasteiger partial charge >= 0.3 is 0 Å². The molecule has 3 saturated heterocycles. The molecule has 388 valence electrons. The first-order valence-corrected chi connectivity index (χ1v) is 24.5. The van der Waals surface area contributed by atoms with Gasteiger partial charge in [-0.3, -0.25) is 0 Å². The molecule has 0 aromatic heterocycles. The second-order valence-corrected chi connectivity index (χ2v) is 23.1. The maximum atomic E-state index is 12.6. The molecule has 67 heavy (non-hydrogen) atoms. The molecule has 0 spiro atoms. The highest BCUT2D eigenvalue weighted by molar-refractivity contribution is 5.32. The molecule has 7 aliphatic rings. The standard InChI is InChI=1S/C48H82O19/c1-21(9-13-31(45(4,5)61)67-43-40(60)37(57)34(54)27(65-43)20-62-41-38(58)35(55)32(52)25(18-49)63-41)22-15-16-46(6)28-12-10-23-24(48(28,8)29(51)17-47(22,46)7)11-14-30(44(23,2)3)66-42-39(59)36(56)33(53)26(19-50)64-42/h10,21-22,24-43,49-61H,9,11-20H2,1-8H3/t21?,22?,24?,25-,26-,27-,28?,29-,30+,31-,32-,33-,34-,35+,36+,37+,38-,39-,40-,41-,42+,43+,46+,47?,48+/m1/s1. The normalized spacial score (nSPS) is 51.0. The lowest BCUT2D eigenvalue weighted by Crippen LogP contribution is -2.65. The van der Waals surface area contributed by atoms with Crippen LogP contribution in [0.4, 0.5) is 0 Å². The van der Waals surface area contributed by atoms with E-state index in [1.807, 2.05) is 0 Å². The molecule has 0 bridgehead atoms. The molecule has 0 radical (unpaired) electrons. The summed E-state index contributed by atoms with van der Waals surface area (Å²) >= 11 is 0. The summed E-state index contributed by atoms with van der Waals surface area (Å²) in [4.78, 5) is 0. The third-order valence-corrected chi connectivity index (χ3v) is 18.7. The molecule has 4 aliphatic carbocycles. The number of fused-ring (bicyclic) bond motifs is 5. The second-order valence-electron chi connectivity index (χ2n) is 23.1. The predicted molar refractivity (Wildman–Crippen MR) is 235 cm³/mol. The Kier molecular flexibility index (Phi) is 15.9. The predicted octanol–water partition coefficient (Wildman–Crippen LogP) is -1.06. The fourth-order valence-electron chi connectivity index (χ4n) is 14.2. The highest BCUT2D eigenvalue weighted by Crippen LogP contribution is 2.75. The molecule has 3 saturated carbocycles. The number of aliphatic hydroxyl groups excluding tert-OH is 12. The molecule has 25 atom stereocenters. The van der Waals surface area contributed by atoms with Crippen LogP contribution >= 0.6 is 0 Å². The van der Waals surface area contributed by atoms with Crippen molar-refractivity contribution >= 4 is 0 Å². The summed E-state index contributed by atoms with van der Waals surface area (Å²) in [6.45, 7) is 14.8. The van der Waals surface area contributed by atoms with E-state index < -0.39 is 147 Å². The summed E-state index contributed by atoms with van der Waals surface area (Å²) in [5.41, 5.74) is -1.60. The number of ether oxygens (including phenoxy) is 6. The summed E-state index contributed by atoms with van der Waals surface area (Å²) < 4.78 is 35.3. The van der Waals surface area contributed by atoms with Gasteiger partial charge < -0.3 is 94.8 Å². The highest BCUT2D eigenvalue weighted by Gasteiger charge is 2.70. The zero-order chi connectivity index (χ0) is 49.5. The lowest BCUT2D eigenvalue weighted by atomic mass is 9.38. The fraction of sp³-hybridized carbons (Fsp3) is 0.958. The van der Waals surface area contributed by atoms with Crippen molar-refractivity contribution in [1.29, 1.82) is 0 Å². The second kappa shape index (κ2) is 19.8. The van der Waals surface area contributed by atoms with Crippen molar-refractivity contribution in [3.8, 4) is 0 Å². The molecule has 7 rings (SSSR count). The van der Waals surface area contributed by atoms with E-state index in [1.54, 1.807) is 13.8 Å². The number of hydrogen-bond acceptors (Lipinski definition) is 19. The van der Waals surface area contributed by atoms with Crippen molar-refractivity contribution in [2.45, 2.75) is 223 Å². The van der Waals surface area contributed by atoms with E-state index in [0.29, 0.717) is 25.7 Å². The number of allylic oxidation sites excluding steroid dienone is 1. The molecule has 19 nitrogen and oxygen atoms in total. The van der Waals surface area contributed by atoms with Crippen LogP contribution in [-0.4, -0.2) is 202 Å². The van der Waals surface area contributed by atoms with Gasteiger partial charge in [0, 0.05) is 10.8 Å². The van der Waals surface area contributed by atoms with Crippen molar-refractivity contribution in [2.75, 3.05) is 19.8 Å². The van der Waals surface area contributed by atoms with Crippen LogP contribution in [0.15, 0.2) is 11.6 Å². The zero-order valence-corrected chi connectivity index (χ0v) is 40.3. The maximum Gasteiger partial charge on any atom is 0.187 e. The van der Waals surface area contributed by atoms with E-state index in [-0.39, 0.29) is 34.5 Å². The average molecular weight is 963 g/mol. The minimum Gasteiger partial charge on any atom is -0.394 e. The third-order valence-electron chi connectivity index (χ3n) is 18.7. The Bertz CT molecular complexity index is 1710. The molecule has 13 N–H and O–H groups in total. The van der Waals surface area contributed by atoms with E-state index in [9.17, 15) is 66.4 Å². The van der Waals surface area contributed by atoms with Crippen molar-refractivity contribution in [2.24, 2.45) is 45.3 Å². The Labute approximate surface area is 393 Å². The third kappa shape index (κ3) is 9.24. The van der Waals surface area contributed by atoms with E-state index in [0.717, 1.165) is 25.7 Å². The Morgan fingerprint density at radius 2 is 1.21 bits per heavy atom.